The quantitative estimate of drug-likeness (QED) is 0.204. The minimum atomic E-state index is 0.824. The van der Waals surface area contributed by atoms with Gasteiger partial charge in [0, 0.05) is 0 Å². The Hall–Kier alpha value is -2.22. The second-order valence-corrected chi connectivity index (χ2v) is 10.0. The Morgan fingerprint density at radius 2 is 1.00 bits per heavy atom. The van der Waals surface area contributed by atoms with Crippen molar-refractivity contribution in [2.45, 2.75) is 119 Å². The SMILES string of the molecule is C/C=C/c1ccc(C)cc1.CCCCCCCCOc1cc(C)c(OCCCCCCCC)cc1C. The minimum absolute atomic E-state index is 0.824. The largest absolute Gasteiger partial charge is 0.493 e. The number of ether oxygens (including phenoxy) is 2. The number of hydrogen-bond acceptors (Lipinski definition) is 2. The van der Waals surface area contributed by atoms with Gasteiger partial charge in [-0.25, -0.2) is 0 Å². The molecule has 0 spiro atoms. The second-order valence-electron chi connectivity index (χ2n) is 10.0. The molecule has 36 heavy (non-hydrogen) atoms. The lowest BCUT2D eigenvalue weighted by Crippen LogP contribution is -2.02. The van der Waals surface area contributed by atoms with Crippen LogP contribution in [0.5, 0.6) is 11.5 Å². The van der Waals surface area contributed by atoms with E-state index in [9.17, 15) is 0 Å². The molecule has 2 aromatic carbocycles. The molecule has 2 nitrogen and oxygen atoms in total. The third-order valence-corrected chi connectivity index (χ3v) is 6.42. The molecule has 0 aliphatic heterocycles. The van der Waals surface area contributed by atoms with Gasteiger partial charge in [0.1, 0.15) is 11.5 Å². The third kappa shape index (κ3) is 15.0. The van der Waals surface area contributed by atoms with Gasteiger partial charge in [0.05, 0.1) is 13.2 Å². The van der Waals surface area contributed by atoms with Gasteiger partial charge >= 0.3 is 0 Å². The summed E-state index contributed by atoms with van der Waals surface area (Å²) >= 11 is 0. The van der Waals surface area contributed by atoms with Crippen molar-refractivity contribution >= 4 is 6.08 Å². The minimum Gasteiger partial charge on any atom is -0.493 e. The van der Waals surface area contributed by atoms with Crippen molar-refractivity contribution < 1.29 is 9.47 Å². The van der Waals surface area contributed by atoms with Gasteiger partial charge in [-0.05, 0) is 69.4 Å². The van der Waals surface area contributed by atoms with E-state index in [-0.39, 0.29) is 0 Å². The highest BCUT2D eigenvalue weighted by Crippen LogP contribution is 2.28. The summed E-state index contributed by atoms with van der Waals surface area (Å²) in [7, 11) is 0. The van der Waals surface area contributed by atoms with Gasteiger partial charge in [-0.2, -0.15) is 0 Å². The topological polar surface area (TPSA) is 18.5 Å². The maximum atomic E-state index is 6.00. The summed E-state index contributed by atoms with van der Waals surface area (Å²) in [4.78, 5) is 0. The number of hydrogen-bond donors (Lipinski definition) is 0. The predicted molar refractivity (Wildman–Crippen MR) is 160 cm³/mol. The van der Waals surface area contributed by atoms with Crippen molar-refractivity contribution in [3.8, 4) is 11.5 Å². The smallest absolute Gasteiger partial charge is 0.122 e. The van der Waals surface area contributed by atoms with Gasteiger partial charge in [0.15, 0.2) is 0 Å². The van der Waals surface area contributed by atoms with Crippen molar-refractivity contribution in [1.29, 1.82) is 0 Å². The molecule has 0 fully saturated rings. The Labute approximate surface area is 223 Å². The predicted octanol–water partition coefficient (Wildman–Crippen LogP) is 10.8. The average Bonchev–Trinajstić information content (AvgIpc) is 2.87. The van der Waals surface area contributed by atoms with Crippen LogP contribution >= 0.6 is 0 Å². The fourth-order valence-corrected chi connectivity index (χ4v) is 4.07. The summed E-state index contributed by atoms with van der Waals surface area (Å²) in [6.45, 7) is 14.5. The first-order chi connectivity index (χ1) is 17.5. The highest BCUT2D eigenvalue weighted by atomic mass is 16.5. The van der Waals surface area contributed by atoms with E-state index in [4.69, 9.17) is 9.47 Å². The van der Waals surface area contributed by atoms with Gasteiger partial charge in [0.2, 0.25) is 0 Å². The molecule has 0 radical (unpaired) electrons. The lowest BCUT2D eigenvalue weighted by atomic mass is 10.1. The van der Waals surface area contributed by atoms with Crippen molar-refractivity contribution in [1.82, 2.24) is 0 Å². The van der Waals surface area contributed by atoms with E-state index in [1.165, 1.54) is 86.5 Å². The van der Waals surface area contributed by atoms with Crippen LogP contribution in [-0.4, -0.2) is 13.2 Å². The van der Waals surface area contributed by atoms with Crippen LogP contribution in [0.1, 0.15) is 120 Å². The third-order valence-electron chi connectivity index (χ3n) is 6.42. The second kappa shape index (κ2) is 20.9. The van der Waals surface area contributed by atoms with Gasteiger partial charge in [0.25, 0.3) is 0 Å². The molecule has 0 atom stereocenters. The van der Waals surface area contributed by atoms with Crippen LogP contribution in [0.15, 0.2) is 42.5 Å². The number of benzene rings is 2. The van der Waals surface area contributed by atoms with Crippen LogP contribution in [0.2, 0.25) is 0 Å². The van der Waals surface area contributed by atoms with E-state index >= 15 is 0 Å². The zero-order chi connectivity index (χ0) is 26.4. The molecule has 2 rings (SSSR count). The molecule has 0 aromatic heterocycles. The Bertz CT molecular complexity index is 776. The molecule has 2 heteroatoms. The first-order valence-electron chi connectivity index (χ1n) is 14.6. The molecular weight excluding hydrogens is 440 g/mol. The van der Waals surface area contributed by atoms with E-state index in [1.54, 1.807) is 0 Å². The molecule has 0 saturated heterocycles. The molecular formula is C34H54O2. The lowest BCUT2D eigenvalue weighted by Gasteiger charge is -2.14. The molecule has 0 N–H and O–H groups in total. The van der Waals surface area contributed by atoms with Crippen LogP contribution in [0.25, 0.3) is 6.08 Å². The molecule has 0 amide bonds. The van der Waals surface area contributed by atoms with Gasteiger partial charge in [-0.1, -0.05) is 120 Å². The fourth-order valence-electron chi connectivity index (χ4n) is 4.07. The standard InChI is InChI=1S/C24H42O2.C10H12/c1-5-7-9-11-13-15-17-25-23-19-22(4)24(20-21(23)3)26-18-16-14-12-10-8-6-2;1-3-4-10-7-5-9(2)6-8-10/h19-20H,5-18H2,1-4H3;3-8H,1-2H3/b;4-3+. The number of aryl methyl sites for hydroxylation is 3. The van der Waals surface area contributed by atoms with E-state index in [0.717, 1.165) is 37.6 Å². The maximum Gasteiger partial charge on any atom is 0.122 e. The van der Waals surface area contributed by atoms with Crippen LogP contribution in [0.4, 0.5) is 0 Å². The summed E-state index contributed by atoms with van der Waals surface area (Å²) in [6, 6.07) is 12.8. The summed E-state index contributed by atoms with van der Waals surface area (Å²) in [5, 5.41) is 0. The summed E-state index contributed by atoms with van der Waals surface area (Å²) in [6.07, 6.45) is 19.7. The van der Waals surface area contributed by atoms with Gasteiger partial charge in [-0.15, -0.1) is 0 Å². The van der Waals surface area contributed by atoms with Gasteiger partial charge in [-0.3, -0.25) is 0 Å². The molecule has 0 unspecified atom stereocenters. The fraction of sp³-hybridized carbons (Fsp3) is 0.588. The van der Waals surface area contributed by atoms with E-state index in [1.807, 2.05) is 13.0 Å². The van der Waals surface area contributed by atoms with Crippen molar-refractivity contribution in [3.05, 3.63) is 64.7 Å². The number of allylic oxidation sites excluding steroid dienone is 1. The highest BCUT2D eigenvalue weighted by Gasteiger charge is 2.07. The summed E-state index contributed by atoms with van der Waals surface area (Å²) in [5.41, 5.74) is 4.94. The first-order valence-corrected chi connectivity index (χ1v) is 14.6. The Balaban J connectivity index is 0.000000537. The van der Waals surface area contributed by atoms with Crippen molar-refractivity contribution in [2.75, 3.05) is 13.2 Å². The Morgan fingerprint density at radius 3 is 1.42 bits per heavy atom. The summed E-state index contributed by atoms with van der Waals surface area (Å²) < 4.78 is 12.0. The molecule has 0 aliphatic carbocycles. The van der Waals surface area contributed by atoms with Crippen molar-refractivity contribution in [3.63, 3.8) is 0 Å². The zero-order valence-corrected chi connectivity index (χ0v) is 24.3. The molecule has 0 bridgehead atoms. The first kappa shape index (κ1) is 31.8. The van der Waals surface area contributed by atoms with Crippen LogP contribution < -0.4 is 9.47 Å². The number of rotatable bonds is 17. The van der Waals surface area contributed by atoms with Crippen molar-refractivity contribution in [2.24, 2.45) is 0 Å². The Kier molecular flexibility index (Phi) is 18.5. The molecule has 0 heterocycles. The van der Waals surface area contributed by atoms with Crippen LogP contribution in [0, 0.1) is 20.8 Å². The van der Waals surface area contributed by atoms with Crippen LogP contribution in [-0.2, 0) is 0 Å². The normalized spacial score (nSPS) is 10.8. The maximum absolute atomic E-state index is 6.00. The molecule has 0 saturated carbocycles. The number of unbranched alkanes of at least 4 members (excludes halogenated alkanes) is 10. The zero-order valence-electron chi connectivity index (χ0n) is 24.3. The molecule has 0 aliphatic rings. The Morgan fingerprint density at radius 1 is 0.583 bits per heavy atom. The molecule has 2 aromatic rings. The monoisotopic (exact) mass is 494 g/mol. The van der Waals surface area contributed by atoms with Crippen LogP contribution in [0.3, 0.4) is 0 Å². The average molecular weight is 495 g/mol. The lowest BCUT2D eigenvalue weighted by molar-refractivity contribution is 0.293. The van der Waals surface area contributed by atoms with E-state index in [2.05, 4.69) is 77.1 Å². The van der Waals surface area contributed by atoms with E-state index in [0.29, 0.717) is 0 Å². The molecule has 202 valence electrons. The van der Waals surface area contributed by atoms with E-state index < -0.39 is 0 Å². The van der Waals surface area contributed by atoms with Gasteiger partial charge < -0.3 is 9.47 Å². The highest BCUT2D eigenvalue weighted by molar-refractivity contribution is 5.49. The summed E-state index contributed by atoms with van der Waals surface area (Å²) in [5.74, 6) is 2.03.